The van der Waals surface area contributed by atoms with Gasteiger partial charge in [0.25, 0.3) is 0 Å². The largest absolute Gasteiger partial charge is 0.285 e. The molecule has 2 rings (SSSR count). The van der Waals surface area contributed by atoms with Crippen molar-refractivity contribution in [1.29, 1.82) is 0 Å². The zero-order valence-corrected chi connectivity index (χ0v) is 8.59. The van der Waals surface area contributed by atoms with E-state index in [1.165, 1.54) is 0 Å². The number of hydrogen-bond donors (Lipinski definition) is 0. The zero-order chi connectivity index (χ0) is 11.4. The van der Waals surface area contributed by atoms with Gasteiger partial charge in [0.1, 0.15) is 0 Å². The van der Waals surface area contributed by atoms with Crippen LogP contribution in [0.15, 0.2) is 60.7 Å². The minimum absolute atomic E-state index is 0. The first-order valence-electron chi connectivity index (χ1n) is 4.98. The van der Waals surface area contributed by atoms with Gasteiger partial charge in [-0.05, 0) is 0 Å². The van der Waals surface area contributed by atoms with Crippen molar-refractivity contribution in [3.8, 4) is 0 Å². The van der Waals surface area contributed by atoms with Gasteiger partial charge in [0.2, 0.25) is 11.6 Å². The van der Waals surface area contributed by atoms with Crippen molar-refractivity contribution < 1.29 is 9.59 Å². The van der Waals surface area contributed by atoms with Gasteiger partial charge in [-0.3, -0.25) is 9.59 Å². The summed E-state index contributed by atoms with van der Waals surface area (Å²) in [6.45, 7) is 0. The number of carbonyl (C=O) groups is 2. The molecule has 86 valence electrons. The third-order valence-corrected chi connectivity index (χ3v) is 2.28. The Morgan fingerprint density at radius 3 is 1.18 bits per heavy atom. The van der Waals surface area contributed by atoms with E-state index < -0.39 is 11.6 Å². The molecular formula is C15H14O2. The Labute approximate surface area is 101 Å². The molecule has 0 aliphatic heterocycles. The Kier molecular flexibility index (Phi) is 4.35. The quantitative estimate of drug-likeness (QED) is 0.594. The fourth-order valence-corrected chi connectivity index (χ4v) is 1.44. The average molecular weight is 226 g/mol. The van der Waals surface area contributed by atoms with Crippen LogP contribution in [0.4, 0.5) is 0 Å². The van der Waals surface area contributed by atoms with Crippen molar-refractivity contribution in [3.63, 3.8) is 0 Å². The lowest BCUT2D eigenvalue weighted by Gasteiger charge is -1.99. The number of Topliss-reactive ketones (excluding diaryl/α,β-unsaturated/α-hetero) is 2. The molecular weight excluding hydrogens is 212 g/mol. The molecule has 0 aliphatic carbocycles. The van der Waals surface area contributed by atoms with Crippen LogP contribution in [0.1, 0.15) is 28.1 Å². The van der Waals surface area contributed by atoms with Crippen molar-refractivity contribution in [2.45, 2.75) is 7.43 Å². The van der Waals surface area contributed by atoms with Crippen molar-refractivity contribution in [3.05, 3.63) is 71.8 Å². The first-order valence-corrected chi connectivity index (χ1v) is 4.98. The fourth-order valence-electron chi connectivity index (χ4n) is 1.44. The molecule has 0 saturated carbocycles. The van der Waals surface area contributed by atoms with E-state index >= 15 is 0 Å². The number of benzene rings is 2. The van der Waals surface area contributed by atoms with E-state index in [2.05, 4.69) is 0 Å². The highest BCUT2D eigenvalue weighted by molar-refractivity contribution is 6.49. The minimum atomic E-state index is -0.466. The lowest BCUT2D eigenvalue weighted by atomic mass is 10.0. The molecule has 2 nitrogen and oxygen atoms in total. The van der Waals surface area contributed by atoms with Crippen LogP contribution in [0, 0.1) is 0 Å². The highest BCUT2D eigenvalue weighted by Crippen LogP contribution is 2.07. The third kappa shape index (κ3) is 2.88. The number of ketones is 2. The Morgan fingerprint density at radius 2 is 0.882 bits per heavy atom. The van der Waals surface area contributed by atoms with Crippen molar-refractivity contribution in [2.75, 3.05) is 0 Å². The molecule has 0 aromatic heterocycles. The Hall–Kier alpha value is -2.22. The van der Waals surface area contributed by atoms with Gasteiger partial charge >= 0.3 is 0 Å². The zero-order valence-electron chi connectivity index (χ0n) is 8.59. The SMILES string of the molecule is C.O=C(C(=O)c1ccccc1)c1ccccc1. The first kappa shape index (κ1) is 12.8. The predicted molar refractivity (Wildman–Crippen MR) is 68.3 cm³/mol. The van der Waals surface area contributed by atoms with Gasteiger partial charge < -0.3 is 0 Å². The fraction of sp³-hybridized carbons (Fsp3) is 0.0667. The van der Waals surface area contributed by atoms with Crippen molar-refractivity contribution >= 4 is 11.6 Å². The summed E-state index contributed by atoms with van der Waals surface area (Å²) in [5, 5.41) is 0. The van der Waals surface area contributed by atoms with Gasteiger partial charge in [0, 0.05) is 11.1 Å². The molecule has 2 aromatic rings. The number of rotatable bonds is 3. The van der Waals surface area contributed by atoms with Crippen LogP contribution in [0.3, 0.4) is 0 Å². The molecule has 0 bridgehead atoms. The Bertz CT molecular complexity index is 451. The highest BCUT2D eigenvalue weighted by Gasteiger charge is 2.16. The Balaban J connectivity index is 0.00000144. The van der Waals surface area contributed by atoms with Gasteiger partial charge in [-0.2, -0.15) is 0 Å². The summed E-state index contributed by atoms with van der Waals surface area (Å²) < 4.78 is 0. The van der Waals surface area contributed by atoms with E-state index in [9.17, 15) is 9.59 Å². The molecule has 2 aromatic carbocycles. The van der Waals surface area contributed by atoms with Crippen LogP contribution >= 0.6 is 0 Å². The van der Waals surface area contributed by atoms with Crippen LogP contribution in [0.2, 0.25) is 0 Å². The molecule has 0 radical (unpaired) electrons. The van der Waals surface area contributed by atoms with Crippen molar-refractivity contribution in [1.82, 2.24) is 0 Å². The van der Waals surface area contributed by atoms with Crippen LogP contribution in [0.5, 0.6) is 0 Å². The molecule has 0 saturated heterocycles. The second-order valence-corrected chi connectivity index (χ2v) is 3.39. The number of hydrogen-bond acceptors (Lipinski definition) is 2. The van der Waals surface area contributed by atoms with Crippen LogP contribution in [-0.4, -0.2) is 11.6 Å². The molecule has 0 amide bonds. The van der Waals surface area contributed by atoms with E-state index in [0.29, 0.717) is 11.1 Å². The smallest absolute Gasteiger partial charge is 0.233 e. The molecule has 0 heterocycles. The van der Waals surface area contributed by atoms with E-state index in [4.69, 9.17) is 0 Å². The second kappa shape index (κ2) is 5.75. The average Bonchev–Trinajstić information content (AvgIpc) is 2.39. The van der Waals surface area contributed by atoms with E-state index in [-0.39, 0.29) is 7.43 Å². The summed E-state index contributed by atoms with van der Waals surface area (Å²) in [5.41, 5.74) is 0.854. The predicted octanol–water partition coefficient (Wildman–Crippen LogP) is 3.39. The topological polar surface area (TPSA) is 34.1 Å². The summed E-state index contributed by atoms with van der Waals surface area (Å²) in [6.07, 6.45) is 0. The van der Waals surface area contributed by atoms with Gasteiger partial charge in [-0.15, -0.1) is 0 Å². The molecule has 0 aliphatic rings. The summed E-state index contributed by atoms with van der Waals surface area (Å²) in [6, 6.07) is 17.2. The molecule has 2 heteroatoms. The van der Waals surface area contributed by atoms with Gasteiger partial charge in [0.05, 0.1) is 0 Å². The lowest BCUT2D eigenvalue weighted by molar-refractivity contribution is 0.0817. The summed E-state index contributed by atoms with van der Waals surface area (Å²) in [4.78, 5) is 23.6. The van der Waals surface area contributed by atoms with E-state index in [0.717, 1.165) is 0 Å². The van der Waals surface area contributed by atoms with Gasteiger partial charge in [0.15, 0.2) is 0 Å². The summed E-state index contributed by atoms with van der Waals surface area (Å²) in [7, 11) is 0. The maximum absolute atomic E-state index is 11.8. The molecule has 17 heavy (non-hydrogen) atoms. The van der Waals surface area contributed by atoms with Crippen molar-refractivity contribution in [2.24, 2.45) is 0 Å². The third-order valence-electron chi connectivity index (χ3n) is 2.28. The van der Waals surface area contributed by atoms with E-state index in [1.54, 1.807) is 48.5 Å². The molecule has 0 N–H and O–H groups in total. The van der Waals surface area contributed by atoms with Crippen LogP contribution in [0.25, 0.3) is 0 Å². The summed E-state index contributed by atoms with van der Waals surface area (Å²) in [5.74, 6) is -0.932. The van der Waals surface area contributed by atoms with Crippen LogP contribution < -0.4 is 0 Å². The molecule has 0 fully saturated rings. The normalized spacial score (nSPS) is 9.18. The molecule has 0 spiro atoms. The lowest BCUT2D eigenvalue weighted by Crippen LogP contribution is -2.14. The number of carbonyl (C=O) groups excluding carboxylic acids is 2. The van der Waals surface area contributed by atoms with E-state index in [1.807, 2.05) is 12.1 Å². The van der Waals surface area contributed by atoms with Gasteiger partial charge in [-0.1, -0.05) is 68.1 Å². The molecule has 0 unspecified atom stereocenters. The van der Waals surface area contributed by atoms with Crippen LogP contribution in [-0.2, 0) is 0 Å². The highest BCUT2D eigenvalue weighted by atomic mass is 16.2. The monoisotopic (exact) mass is 226 g/mol. The summed E-state index contributed by atoms with van der Waals surface area (Å²) >= 11 is 0. The maximum atomic E-state index is 11.8. The second-order valence-electron chi connectivity index (χ2n) is 3.39. The minimum Gasteiger partial charge on any atom is -0.285 e. The van der Waals surface area contributed by atoms with Gasteiger partial charge in [-0.25, -0.2) is 0 Å². The first-order chi connectivity index (χ1) is 7.79. The maximum Gasteiger partial charge on any atom is 0.233 e. The molecule has 0 atom stereocenters. The standard InChI is InChI=1S/C14H10O2.CH4/c15-13(11-7-3-1-4-8-11)14(16)12-9-5-2-6-10-12;/h1-10H;1H4. The Morgan fingerprint density at radius 1 is 0.588 bits per heavy atom.